The zero-order valence-corrected chi connectivity index (χ0v) is 18.1. The minimum absolute atomic E-state index is 0.0181. The van der Waals surface area contributed by atoms with Crippen molar-refractivity contribution in [3.63, 3.8) is 0 Å². The molecular weight excluding hydrogens is 446 g/mol. The number of fused-ring (bicyclic) bond motifs is 2. The number of aromatic hydroxyl groups is 1. The molecule has 0 aliphatic rings. The molecule has 0 atom stereocenters. The van der Waals surface area contributed by atoms with E-state index in [4.69, 9.17) is 4.74 Å². The van der Waals surface area contributed by atoms with E-state index in [1.54, 1.807) is 4.57 Å². The van der Waals surface area contributed by atoms with Crippen LogP contribution in [0.1, 0.15) is 19.9 Å². The Morgan fingerprint density at radius 2 is 1.87 bits per heavy atom. The first-order valence-corrected chi connectivity index (χ1v) is 10.3. The van der Waals surface area contributed by atoms with Gasteiger partial charge in [0.15, 0.2) is 12.3 Å². The van der Waals surface area contributed by atoms with Crippen LogP contribution in [0.2, 0.25) is 0 Å². The number of hydrogen-bond acceptors (Lipinski definition) is 4. The molecular formula is C23H20BrN3O3. The number of rotatable bonds is 5. The van der Waals surface area contributed by atoms with E-state index in [1.165, 1.54) is 0 Å². The van der Waals surface area contributed by atoms with Gasteiger partial charge in [-0.1, -0.05) is 46.3 Å². The molecule has 0 radical (unpaired) electrons. The molecule has 0 saturated carbocycles. The number of halogens is 1. The third kappa shape index (κ3) is 3.93. The van der Waals surface area contributed by atoms with Crippen LogP contribution in [0.15, 0.2) is 75.4 Å². The second-order valence-electron chi connectivity index (χ2n) is 7.19. The molecule has 4 rings (SSSR count). The van der Waals surface area contributed by atoms with Gasteiger partial charge in [0.1, 0.15) is 5.75 Å². The number of ether oxygens (including phenoxy) is 1. The summed E-state index contributed by atoms with van der Waals surface area (Å²) in [5.74, 6) is 0.0218. The van der Waals surface area contributed by atoms with Crippen molar-refractivity contribution in [2.24, 2.45) is 10.2 Å². The van der Waals surface area contributed by atoms with Gasteiger partial charge in [-0.25, -0.2) is 0 Å². The molecule has 1 aromatic heterocycles. The summed E-state index contributed by atoms with van der Waals surface area (Å²) < 4.78 is 8.17. The first-order chi connectivity index (χ1) is 14.4. The Hall–Kier alpha value is -3.19. The molecule has 1 N–H and O–H groups in total. The highest BCUT2D eigenvalue weighted by atomic mass is 79.9. The lowest BCUT2D eigenvalue weighted by molar-refractivity contribution is -0.120. The Balaban J connectivity index is 1.54. The van der Waals surface area contributed by atoms with E-state index in [9.17, 15) is 9.90 Å². The van der Waals surface area contributed by atoms with Crippen LogP contribution in [0.4, 0.5) is 5.69 Å². The van der Waals surface area contributed by atoms with Crippen LogP contribution < -0.4 is 4.74 Å². The quantitative estimate of drug-likeness (QED) is 0.340. The Kier molecular flexibility index (Phi) is 5.55. The van der Waals surface area contributed by atoms with E-state index in [1.807, 2.05) is 74.5 Å². The fraction of sp³-hybridized carbons (Fsp3) is 0.174. The molecule has 0 fully saturated rings. The van der Waals surface area contributed by atoms with E-state index in [0.29, 0.717) is 11.1 Å². The van der Waals surface area contributed by atoms with E-state index >= 15 is 0 Å². The minimum atomic E-state index is -0.539. The van der Waals surface area contributed by atoms with Crippen molar-refractivity contribution in [2.45, 2.75) is 19.9 Å². The molecule has 0 unspecified atom stereocenters. The normalized spacial score (nSPS) is 11.7. The van der Waals surface area contributed by atoms with E-state index in [-0.39, 0.29) is 24.2 Å². The van der Waals surface area contributed by atoms with Crippen LogP contribution in [0.3, 0.4) is 0 Å². The molecule has 0 bridgehead atoms. The number of aromatic nitrogens is 1. The van der Waals surface area contributed by atoms with Crippen LogP contribution in [-0.2, 0) is 4.79 Å². The van der Waals surface area contributed by atoms with Crippen molar-refractivity contribution in [3.8, 4) is 11.6 Å². The number of nitrogens with zero attached hydrogens (tertiary/aromatic N) is 3. The summed E-state index contributed by atoms with van der Waals surface area (Å²) in [6.45, 7) is 3.69. The third-order valence-corrected chi connectivity index (χ3v) is 5.27. The lowest BCUT2D eigenvalue weighted by Crippen LogP contribution is -2.07. The zero-order chi connectivity index (χ0) is 21.3. The van der Waals surface area contributed by atoms with Crippen molar-refractivity contribution < 1.29 is 14.6 Å². The van der Waals surface area contributed by atoms with E-state index in [0.717, 1.165) is 20.8 Å². The fourth-order valence-electron chi connectivity index (χ4n) is 3.41. The molecule has 7 heteroatoms. The summed E-state index contributed by atoms with van der Waals surface area (Å²) in [6.07, 6.45) is 0. The average Bonchev–Trinajstić information content (AvgIpc) is 3.01. The molecule has 1 amide bonds. The maximum absolute atomic E-state index is 12.2. The average molecular weight is 466 g/mol. The molecule has 0 spiro atoms. The van der Waals surface area contributed by atoms with Crippen molar-refractivity contribution in [2.75, 3.05) is 6.61 Å². The predicted octanol–water partition coefficient (Wildman–Crippen LogP) is 6.53. The smallest absolute Gasteiger partial charge is 0.302 e. The maximum Gasteiger partial charge on any atom is 0.302 e. The van der Waals surface area contributed by atoms with Gasteiger partial charge >= 0.3 is 5.91 Å². The number of benzene rings is 3. The molecule has 6 nitrogen and oxygen atoms in total. The van der Waals surface area contributed by atoms with Gasteiger partial charge in [0, 0.05) is 15.9 Å². The second kappa shape index (κ2) is 8.28. The van der Waals surface area contributed by atoms with Gasteiger partial charge in [-0.2, -0.15) is 0 Å². The Bertz CT molecular complexity index is 1280. The highest BCUT2D eigenvalue weighted by Crippen LogP contribution is 2.41. The highest BCUT2D eigenvalue weighted by molar-refractivity contribution is 9.10. The molecule has 0 aliphatic carbocycles. The Morgan fingerprint density at radius 1 is 1.10 bits per heavy atom. The predicted molar refractivity (Wildman–Crippen MR) is 121 cm³/mol. The molecule has 3 aromatic carbocycles. The van der Waals surface area contributed by atoms with Crippen LogP contribution >= 0.6 is 15.9 Å². The Morgan fingerprint density at radius 3 is 2.63 bits per heavy atom. The topological polar surface area (TPSA) is 76.2 Å². The number of carbonyl (C=O) groups is 1. The van der Waals surface area contributed by atoms with E-state index < -0.39 is 5.91 Å². The molecule has 0 saturated heterocycles. The first kappa shape index (κ1) is 20.1. The summed E-state index contributed by atoms with van der Waals surface area (Å²) in [7, 11) is 0. The number of azo groups is 1. The summed E-state index contributed by atoms with van der Waals surface area (Å²) in [5, 5.41) is 21.3. The molecule has 30 heavy (non-hydrogen) atoms. The molecule has 152 valence electrons. The molecule has 4 aromatic rings. The fourth-order valence-corrected chi connectivity index (χ4v) is 3.78. The number of amides is 1. The van der Waals surface area contributed by atoms with Gasteiger partial charge < -0.3 is 14.4 Å². The summed E-state index contributed by atoms with van der Waals surface area (Å²) in [6, 6.07) is 19.2. The highest BCUT2D eigenvalue weighted by Gasteiger charge is 2.19. The van der Waals surface area contributed by atoms with Gasteiger partial charge in [-0.3, -0.25) is 4.79 Å². The monoisotopic (exact) mass is 465 g/mol. The van der Waals surface area contributed by atoms with Gasteiger partial charge in [-0.15, -0.1) is 10.2 Å². The van der Waals surface area contributed by atoms with Crippen molar-refractivity contribution in [3.05, 3.63) is 65.1 Å². The zero-order valence-electron chi connectivity index (χ0n) is 16.5. The minimum Gasteiger partial charge on any atom is -0.493 e. The third-order valence-electron chi connectivity index (χ3n) is 4.77. The Labute approximate surface area is 181 Å². The van der Waals surface area contributed by atoms with Crippen LogP contribution in [-0.4, -0.2) is 22.2 Å². The van der Waals surface area contributed by atoms with Gasteiger partial charge in [0.05, 0.1) is 5.52 Å². The number of hydrogen-bond donors (Lipinski definition) is 1. The van der Waals surface area contributed by atoms with Gasteiger partial charge in [0.2, 0.25) is 5.88 Å². The summed E-state index contributed by atoms with van der Waals surface area (Å²) in [4.78, 5) is 12.2. The van der Waals surface area contributed by atoms with Crippen molar-refractivity contribution in [1.29, 1.82) is 0 Å². The lowest BCUT2D eigenvalue weighted by atomic mass is 10.1. The second-order valence-corrected chi connectivity index (χ2v) is 8.10. The molecule has 0 aliphatic heterocycles. The SMILES string of the molecule is CC(C)n1c(O)c(N=NC(=O)COc2ccc3ccccc3c2)c2cc(Br)ccc21. The van der Waals surface area contributed by atoms with Crippen LogP contribution in [0.5, 0.6) is 11.6 Å². The summed E-state index contributed by atoms with van der Waals surface area (Å²) in [5.41, 5.74) is 1.08. The van der Waals surface area contributed by atoms with Gasteiger partial charge in [0.25, 0.3) is 0 Å². The van der Waals surface area contributed by atoms with E-state index in [2.05, 4.69) is 26.2 Å². The van der Waals surface area contributed by atoms with Crippen LogP contribution in [0, 0.1) is 0 Å². The van der Waals surface area contributed by atoms with Crippen molar-refractivity contribution >= 4 is 49.2 Å². The standard InChI is InChI=1S/C23H20BrN3O3/c1-14(2)27-20-10-8-17(24)12-19(20)22(23(27)29)26-25-21(28)13-30-18-9-7-15-5-3-4-6-16(15)11-18/h3-12,14,29H,13H2,1-2H3. The molecule has 1 heterocycles. The summed E-state index contributed by atoms with van der Waals surface area (Å²) >= 11 is 3.44. The first-order valence-electron chi connectivity index (χ1n) is 9.52. The van der Waals surface area contributed by atoms with Crippen LogP contribution in [0.25, 0.3) is 21.7 Å². The van der Waals surface area contributed by atoms with Crippen molar-refractivity contribution in [1.82, 2.24) is 4.57 Å². The maximum atomic E-state index is 12.2. The lowest BCUT2D eigenvalue weighted by Gasteiger charge is -2.10. The number of carbonyl (C=O) groups excluding carboxylic acids is 1. The van der Waals surface area contributed by atoms with Gasteiger partial charge in [-0.05, 0) is 55.0 Å². The largest absolute Gasteiger partial charge is 0.493 e.